The lowest BCUT2D eigenvalue weighted by Crippen LogP contribution is -2.44. The van der Waals surface area contributed by atoms with E-state index < -0.39 is 12.0 Å². The number of esters is 1. The standard InChI is InChI=1S/C16H22N4O3S2/c1-16(2,3)12-9-11(13(24-12)14(21)23-4)19(15(17)22)20-18-7-8-25(20)10-5-6-10/h7-10H,5-6H2,1-4H3,(H2,17,22). The molecule has 0 aromatic carbocycles. The number of ether oxygens (including phenoxy) is 1. The van der Waals surface area contributed by atoms with Gasteiger partial charge >= 0.3 is 12.0 Å². The Balaban J connectivity index is 2.08. The number of thiophene rings is 1. The average molecular weight is 383 g/mol. The molecule has 25 heavy (non-hydrogen) atoms. The molecule has 0 bridgehead atoms. The maximum Gasteiger partial charge on any atom is 0.350 e. The molecule has 1 fully saturated rings. The quantitative estimate of drug-likeness (QED) is 0.640. The van der Waals surface area contributed by atoms with Gasteiger partial charge in [0.1, 0.15) is 4.88 Å². The van der Waals surface area contributed by atoms with Crippen molar-refractivity contribution < 1.29 is 14.3 Å². The first-order valence-electron chi connectivity index (χ1n) is 7.95. The fourth-order valence-electron chi connectivity index (χ4n) is 2.40. The Morgan fingerprint density at radius 3 is 2.64 bits per heavy atom. The Kier molecular flexibility index (Phi) is 4.63. The van der Waals surface area contributed by atoms with Gasteiger partial charge in [0.2, 0.25) is 0 Å². The smallest absolute Gasteiger partial charge is 0.350 e. The molecule has 1 aromatic heterocycles. The topological polar surface area (TPSA) is 88.2 Å². The summed E-state index contributed by atoms with van der Waals surface area (Å²) in [6.07, 6.45) is 3.89. The largest absolute Gasteiger partial charge is 0.465 e. The number of rotatable bonds is 4. The number of hydrazone groups is 1. The first-order valence-corrected chi connectivity index (χ1v) is 10.1. The molecule has 0 saturated heterocycles. The second kappa shape index (κ2) is 6.45. The van der Waals surface area contributed by atoms with Crippen LogP contribution in [0.2, 0.25) is 0 Å². The van der Waals surface area contributed by atoms with Gasteiger partial charge in [-0.2, -0.15) is 10.1 Å². The van der Waals surface area contributed by atoms with Gasteiger partial charge in [0.05, 0.1) is 19.0 Å². The van der Waals surface area contributed by atoms with Crippen LogP contribution in [0.3, 0.4) is 0 Å². The minimum atomic E-state index is -0.672. The highest BCUT2D eigenvalue weighted by molar-refractivity contribution is 8.14. The van der Waals surface area contributed by atoms with Gasteiger partial charge in [-0.25, -0.2) is 9.59 Å². The summed E-state index contributed by atoms with van der Waals surface area (Å²) in [5.41, 5.74) is 5.93. The number of hydrogen-bond donors (Lipinski definition) is 1. The summed E-state index contributed by atoms with van der Waals surface area (Å²) in [4.78, 5) is 25.9. The first kappa shape index (κ1) is 17.9. The molecule has 0 spiro atoms. The molecule has 0 radical (unpaired) electrons. The zero-order valence-corrected chi connectivity index (χ0v) is 16.3. The Bertz CT molecular complexity index is 775. The van der Waals surface area contributed by atoms with E-state index in [4.69, 9.17) is 10.5 Å². The Hall–Kier alpha value is -1.87. The Morgan fingerprint density at radius 1 is 1.44 bits per heavy atom. The lowest BCUT2D eigenvalue weighted by molar-refractivity contribution is 0.0607. The summed E-state index contributed by atoms with van der Waals surface area (Å²) in [5.74, 6) is -0.486. The summed E-state index contributed by atoms with van der Waals surface area (Å²) in [7, 11) is 0.999. The Labute approximate surface area is 153 Å². The molecule has 2 N–H and O–H groups in total. The predicted octanol–water partition coefficient (Wildman–Crippen LogP) is 3.08. The number of hydrazine groups is 1. The second-order valence-electron chi connectivity index (χ2n) is 6.92. The third-order valence-corrected chi connectivity index (χ3v) is 7.57. The van der Waals surface area contributed by atoms with Gasteiger partial charge in [-0.1, -0.05) is 20.8 Å². The zero-order valence-electron chi connectivity index (χ0n) is 14.7. The van der Waals surface area contributed by atoms with Gasteiger partial charge in [0.25, 0.3) is 0 Å². The van der Waals surface area contributed by atoms with E-state index in [1.807, 2.05) is 11.4 Å². The highest BCUT2D eigenvalue weighted by Crippen LogP contribution is 2.46. The molecule has 136 valence electrons. The first-order chi connectivity index (χ1) is 11.7. The number of anilines is 1. The molecule has 1 aliphatic heterocycles. The van der Waals surface area contributed by atoms with E-state index >= 15 is 0 Å². The average Bonchev–Trinajstić information content (AvgIpc) is 3.09. The number of primary amides is 1. The van der Waals surface area contributed by atoms with Crippen molar-refractivity contribution in [3.05, 3.63) is 15.8 Å². The van der Waals surface area contributed by atoms with Crippen LogP contribution in [-0.4, -0.2) is 40.5 Å². The van der Waals surface area contributed by atoms with Crippen molar-refractivity contribution in [1.29, 1.82) is 0 Å². The van der Waals surface area contributed by atoms with Gasteiger partial charge in [-0.15, -0.1) is 15.9 Å². The van der Waals surface area contributed by atoms with E-state index in [1.165, 1.54) is 23.5 Å². The van der Waals surface area contributed by atoms with Gasteiger partial charge in [0, 0.05) is 15.5 Å². The third kappa shape index (κ3) is 3.43. The molecule has 9 heteroatoms. The van der Waals surface area contributed by atoms with Crippen molar-refractivity contribution >= 4 is 51.3 Å². The van der Waals surface area contributed by atoms with Crippen LogP contribution in [0.4, 0.5) is 10.5 Å². The molecule has 1 atom stereocenters. The van der Waals surface area contributed by atoms with Crippen molar-refractivity contribution in [3.8, 4) is 0 Å². The fourth-order valence-corrected chi connectivity index (χ4v) is 5.43. The van der Waals surface area contributed by atoms with Crippen LogP contribution in [0.25, 0.3) is 0 Å². The Morgan fingerprint density at radius 2 is 2.12 bits per heavy atom. The van der Waals surface area contributed by atoms with Gasteiger partial charge in [-0.3, -0.25) is 0 Å². The number of amides is 2. The van der Waals surface area contributed by atoms with Crippen LogP contribution in [0, 0.1) is 0 Å². The highest BCUT2D eigenvalue weighted by atomic mass is 32.2. The van der Waals surface area contributed by atoms with E-state index in [-0.39, 0.29) is 16.1 Å². The summed E-state index contributed by atoms with van der Waals surface area (Å²) >= 11 is 1.32. The second-order valence-corrected chi connectivity index (χ2v) is 9.93. The predicted molar refractivity (Wildman–Crippen MR) is 103 cm³/mol. The lowest BCUT2D eigenvalue weighted by Gasteiger charge is -2.30. The maximum atomic E-state index is 12.3. The normalized spacial score (nSPS) is 19.7. The molecular weight excluding hydrogens is 360 g/mol. The molecular formula is C16H22N4O3S2. The number of hydrogen-bond acceptors (Lipinski definition) is 6. The number of methoxy groups -OCH3 is 1. The molecule has 1 aliphatic carbocycles. The van der Waals surface area contributed by atoms with Crippen LogP contribution in [0.1, 0.15) is 48.2 Å². The van der Waals surface area contributed by atoms with E-state index in [9.17, 15) is 9.59 Å². The van der Waals surface area contributed by atoms with Crippen LogP contribution < -0.4 is 10.7 Å². The molecule has 2 amide bonds. The van der Waals surface area contributed by atoms with Crippen molar-refractivity contribution in [2.45, 2.75) is 44.3 Å². The molecule has 3 rings (SSSR count). The highest BCUT2D eigenvalue weighted by Gasteiger charge is 2.37. The number of nitrogens with two attached hydrogens (primary N) is 1. The summed E-state index contributed by atoms with van der Waals surface area (Å²) in [6.45, 7) is 6.15. The summed E-state index contributed by atoms with van der Waals surface area (Å²) in [6, 6.07) is 1.17. The summed E-state index contributed by atoms with van der Waals surface area (Å²) in [5, 5.41) is 8.09. The minimum absolute atomic E-state index is 0.173. The molecule has 1 aromatic rings. The van der Waals surface area contributed by atoms with E-state index in [0.717, 1.165) is 17.7 Å². The maximum absolute atomic E-state index is 12.3. The van der Waals surface area contributed by atoms with E-state index in [0.29, 0.717) is 15.8 Å². The molecule has 1 saturated carbocycles. The SMILES string of the molecule is COC(=O)c1sc(C(C)(C)C)cc1N(C(N)=O)N1N=CC=S1C1CC1. The molecule has 7 nitrogen and oxygen atoms in total. The fraction of sp³-hybridized carbons (Fsp3) is 0.500. The zero-order chi connectivity index (χ0) is 18.4. The van der Waals surface area contributed by atoms with Gasteiger partial charge in [0.15, 0.2) is 0 Å². The van der Waals surface area contributed by atoms with E-state index in [2.05, 4.69) is 25.9 Å². The van der Waals surface area contributed by atoms with Gasteiger partial charge < -0.3 is 10.5 Å². The lowest BCUT2D eigenvalue weighted by atomic mass is 9.94. The number of nitrogens with zero attached hydrogens (tertiary/aromatic N) is 3. The van der Waals surface area contributed by atoms with Crippen molar-refractivity contribution in [3.63, 3.8) is 0 Å². The summed E-state index contributed by atoms with van der Waals surface area (Å²) < 4.78 is 6.52. The number of urea groups is 1. The molecule has 2 heterocycles. The monoisotopic (exact) mass is 382 g/mol. The van der Waals surface area contributed by atoms with Crippen LogP contribution in [0.5, 0.6) is 0 Å². The molecule has 2 aliphatic rings. The van der Waals surface area contributed by atoms with Crippen molar-refractivity contribution in [1.82, 2.24) is 4.52 Å². The van der Waals surface area contributed by atoms with Crippen molar-refractivity contribution in [2.24, 2.45) is 10.8 Å². The van der Waals surface area contributed by atoms with Gasteiger partial charge in [-0.05, 0) is 35.0 Å². The minimum Gasteiger partial charge on any atom is -0.465 e. The van der Waals surface area contributed by atoms with Crippen LogP contribution in [0.15, 0.2) is 11.2 Å². The van der Waals surface area contributed by atoms with E-state index in [1.54, 1.807) is 10.7 Å². The third-order valence-electron chi connectivity index (χ3n) is 3.85. The molecule has 1 unspecified atom stereocenters. The number of carbonyl (C=O) groups excluding carboxylic acids is 2. The van der Waals surface area contributed by atoms with Crippen LogP contribution in [-0.2, 0) is 10.2 Å². The number of carbonyl (C=O) groups is 2. The van der Waals surface area contributed by atoms with Crippen molar-refractivity contribution in [2.75, 3.05) is 12.1 Å². The van der Waals surface area contributed by atoms with Crippen LogP contribution >= 0.6 is 22.0 Å².